The Hall–Kier alpha value is -0.470. The number of nitrogens with one attached hydrogen (secondary N) is 1. The van der Waals surface area contributed by atoms with Gasteiger partial charge in [0.15, 0.2) is 0 Å². The van der Waals surface area contributed by atoms with Crippen molar-refractivity contribution in [3.05, 3.63) is 35.9 Å². The Morgan fingerprint density at radius 3 is 2.62 bits per heavy atom. The van der Waals surface area contributed by atoms with Crippen molar-refractivity contribution in [2.75, 3.05) is 18.6 Å². The molecule has 0 aromatic heterocycles. The van der Waals surface area contributed by atoms with Crippen LogP contribution < -0.4 is 5.32 Å². The summed E-state index contributed by atoms with van der Waals surface area (Å²) in [4.78, 5) is 0. The number of rotatable bonds is 5. The zero-order valence-corrected chi connectivity index (χ0v) is 9.10. The number of thioether (sulfide) groups is 1. The van der Waals surface area contributed by atoms with Crippen LogP contribution >= 0.6 is 11.8 Å². The third kappa shape index (κ3) is 3.83. The minimum Gasteiger partial charge on any atom is -0.309 e. The van der Waals surface area contributed by atoms with Crippen LogP contribution in [0.1, 0.15) is 18.5 Å². The summed E-state index contributed by atoms with van der Waals surface area (Å²) >= 11 is 1.88. The Morgan fingerprint density at radius 2 is 2.00 bits per heavy atom. The maximum atomic E-state index is 3.48. The van der Waals surface area contributed by atoms with Crippen molar-refractivity contribution in [2.45, 2.75) is 13.0 Å². The standard InChI is InChI=1S/C11H17NS/c1-10(12-8-9-13-2)11-6-4-3-5-7-11/h3-7,10,12H,8-9H2,1-2H3/t10-/m0/s1. The minimum atomic E-state index is 0.466. The molecule has 1 nitrogen and oxygen atoms in total. The quantitative estimate of drug-likeness (QED) is 0.725. The molecular formula is C11H17NS. The van der Waals surface area contributed by atoms with Gasteiger partial charge in [0.2, 0.25) is 0 Å². The summed E-state index contributed by atoms with van der Waals surface area (Å²) in [6.45, 7) is 3.28. The first-order chi connectivity index (χ1) is 6.34. The first-order valence-electron chi connectivity index (χ1n) is 4.62. The predicted octanol–water partition coefficient (Wildman–Crippen LogP) is 2.70. The molecule has 0 amide bonds. The summed E-state index contributed by atoms with van der Waals surface area (Å²) in [7, 11) is 0. The predicted molar refractivity (Wildman–Crippen MR) is 61.2 cm³/mol. The Balaban J connectivity index is 2.35. The average Bonchev–Trinajstić information content (AvgIpc) is 2.19. The molecule has 0 heterocycles. The molecule has 0 bridgehead atoms. The second kappa shape index (κ2) is 6.06. The average molecular weight is 195 g/mol. The molecule has 0 spiro atoms. The van der Waals surface area contributed by atoms with Crippen LogP contribution in [-0.4, -0.2) is 18.6 Å². The smallest absolute Gasteiger partial charge is 0.0292 e. The zero-order chi connectivity index (χ0) is 9.52. The number of hydrogen-bond acceptors (Lipinski definition) is 2. The molecule has 0 saturated heterocycles. The molecule has 2 heteroatoms. The molecule has 0 aliphatic heterocycles. The Kier molecular flexibility index (Phi) is 4.94. The van der Waals surface area contributed by atoms with E-state index in [1.165, 1.54) is 11.3 Å². The molecule has 1 atom stereocenters. The van der Waals surface area contributed by atoms with E-state index in [0.29, 0.717) is 6.04 Å². The van der Waals surface area contributed by atoms with Crippen LogP contribution in [0.25, 0.3) is 0 Å². The maximum absolute atomic E-state index is 3.48. The first-order valence-corrected chi connectivity index (χ1v) is 6.01. The van der Waals surface area contributed by atoms with Gasteiger partial charge in [0.05, 0.1) is 0 Å². The van der Waals surface area contributed by atoms with E-state index in [4.69, 9.17) is 0 Å². The highest BCUT2D eigenvalue weighted by molar-refractivity contribution is 7.98. The van der Waals surface area contributed by atoms with Crippen molar-refractivity contribution in [2.24, 2.45) is 0 Å². The number of hydrogen-bond donors (Lipinski definition) is 1. The van der Waals surface area contributed by atoms with Crippen LogP contribution in [0.15, 0.2) is 30.3 Å². The van der Waals surface area contributed by atoms with Crippen molar-refractivity contribution in [1.29, 1.82) is 0 Å². The van der Waals surface area contributed by atoms with E-state index in [2.05, 4.69) is 48.8 Å². The molecule has 0 unspecified atom stereocenters. The van der Waals surface area contributed by atoms with Gasteiger partial charge in [0, 0.05) is 18.3 Å². The van der Waals surface area contributed by atoms with E-state index >= 15 is 0 Å². The lowest BCUT2D eigenvalue weighted by molar-refractivity contribution is 0.601. The van der Waals surface area contributed by atoms with Crippen molar-refractivity contribution in [3.8, 4) is 0 Å². The van der Waals surface area contributed by atoms with E-state index in [-0.39, 0.29) is 0 Å². The molecule has 72 valence electrons. The highest BCUT2D eigenvalue weighted by atomic mass is 32.2. The zero-order valence-electron chi connectivity index (χ0n) is 8.29. The van der Waals surface area contributed by atoms with Gasteiger partial charge in [0.25, 0.3) is 0 Å². The fourth-order valence-electron chi connectivity index (χ4n) is 1.24. The molecule has 13 heavy (non-hydrogen) atoms. The minimum absolute atomic E-state index is 0.466. The fourth-order valence-corrected chi connectivity index (χ4v) is 1.56. The molecule has 0 saturated carbocycles. The summed E-state index contributed by atoms with van der Waals surface area (Å²) < 4.78 is 0. The van der Waals surface area contributed by atoms with Gasteiger partial charge in [-0.2, -0.15) is 11.8 Å². The lowest BCUT2D eigenvalue weighted by Crippen LogP contribution is -2.21. The Morgan fingerprint density at radius 1 is 1.31 bits per heavy atom. The van der Waals surface area contributed by atoms with Gasteiger partial charge >= 0.3 is 0 Å². The van der Waals surface area contributed by atoms with Crippen molar-refractivity contribution in [3.63, 3.8) is 0 Å². The number of benzene rings is 1. The molecule has 1 rings (SSSR count). The van der Waals surface area contributed by atoms with Gasteiger partial charge in [-0.1, -0.05) is 30.3 Å². The SMILES string of the molecule is CSCCN[C@@H](C)c1ccccc1. The van der Waals surface area contributed by atoms with Gasteiger partial charge < -0.3 is 5.32 Å². The summed E-state index contributed by atoms with van der Waals surface area (Å²) in [6.07, 6.45) is 2.13. The maximum Gasteiger partial charge on any atom is 0.0292 e. The van der Waals surface area contributed by atoms with Gasteiger partial charge in [-0.05, 0) is 18.7 Å². The van der Waals surface area contributed by atoms with E-state index < -0.39 is 0 Å². The third-order valence-corrected chi connectivity index (χ3v) is 2.67. The largest absolute Gasteiger partial charge is 0.309 e. The summed E-state index contributed by atoms with van der Waals surface area (Å²) in [5.74, 6) is 1.18. The molecule has 1 N–H and O–H groups in total. The van der Waals surface area contributed by atoms with Crippen molar-refractivity contribution >= 4 is 11.8 Å². The van der Waals surface area contributed by atoms with Crippen LogP contribution in [0, 0.1) is 0 Å². The first kappa shape index (κ1) is 10.6. The molecule has 1 aromatic carbocycles. The van der Waals surface area contributed by atoms with Crippen LogP contribution in [0.2, 0.25) is 0 Å². The monoisotopic (exact) mass is 195 g/mol. The molecule has 0 aliphatic rings. The van der Waals surface area contributed by atoms with Crippen LogP contribution in [0.4, 0.5) is 0 Å². The third-order valence-electron chi connectivity index (χ3n) is 2.06. The Labute approximate surface area is 84.9 Å². The highest BCUT2D eigenvalue weighted by Crippen LogP contribution is 2.10. The van der Waals surface area contributed by atoms with Crippen LogP contribution in [0.5, 0.6) is 0 Å². The second-order valence-corrected chi connectivity index (χ2v) is 4.06. The van der Waals surface area contributed by atoms with Crippen molar-refractivity contribution in [1.82, 2.24) is 5.32 Å². The lowest BCUT2D eigenvalue weighted by atomic mass is 10.1. The topological polar surface area (TPSA) is 12.0 Å². The summed E-state index contributed by atoms with van der Waals surface area (Å²) in [6, 6.07) is 11.0. The second-order valence-electron chi connectivity index (χ2n) is 3.08. The van der Waals surface area contributed by atoms with Crippen molar-refractivity contribution < 1.29 is 0 Å². The van der Waals surface area contributed by atoms with E-state index in [0.717, 1.165) is 6.54 Å². The molecule has 0 radical (unpaired) electrons. The van der Waals surface area contributed by atoms with Crippen LogP contribution in [0.3, 0.4) is 0 Å². The van der Waals surface area contributed by atoms with Gasteiger partial charge in [-0.3, -0.25) is 0 Å². The molecule has 0 aliphatic carbocycles. The van der Waals surface area contributed by atoms with Gasteiger partial charge in [0.1, 0.15) is 0 Å². The van der Waals surface area contributed by atoms with E-state index in [1.807, 2.05) is 11.8 Å². The molecule has 1 aromatic rings. The summed E-state index contributed by atoms with van der Waals surface area (Å²) in [5, 5.41) is 3.48. The van der Waals surface area contributed by atoms with E-state index in [9.17, 15) is 0 Å². The molecular weight excluding hydrogens is 178 g/mol. The normalized spacial score (nSPS) is 12.8. The van der Waals surface area contributed by atoms with Gasteiger partial charge in [-0.25, -0.2) is 0 Å². The van der Waals surface area contributed by atoms with Gasteiger partial charge in [-0.15, -0.1) is 0 Å². The Bertz CT molecular complexity index is 223. The van der Waals surface area contributed by atoms with Crippen LogP contribution in [-0.2, 0) is 0 Å². The highest BCUT2D eigenvalue weighted by Gasteiger charge is 2.01. The lowest BCUT2D eigenvalue weighted by Gasteiger charge is -2.13. The molecule has 0 fully saturated rings. The summed E-state index contributed by atoms with van der Waals surface area (Å²) in [5.41, 5.74) is 1.36. The fraction of sp³-hybridized carbons (Fsp3) is 0.455. The van der Waals surface area contributed by atoms with E-state index in [1.54, 1.807) is 0 Å².